The largest absolute Gasteiger partial charge is 0.308 e. The maximum Gasteiger partial charge on any atom is 0.227 e. The molecular weight excluding hydrogens is 246 g/mol. The van der Waals surface area contributed by atoms with Gasteiger partial charge in [-0.2, -0.15) is 0 Å². The maximum atomic E-state index is 12.5. The molecular formula is C18H19NO. The minimum atomic E-state index is 0.227. The number of amides is 1. The molecule has 1 amide bonds. The zero-order valence-electron chi connectivity index (χ0n) is 11.8. The fraction of sp³-hybridized carbons (Fsp3) is 0.278. The topological polar surface area (TPSA) is 20.3 Å². The smallest absolute Gasteiger partial charge is 0.227 e. The molecule has 102 valence electrons. The number of anilines is 1. The standard InChI is InChI=1S/C18H19NO/c1-14-11-12-18(20)19(13-15-7-3-2-4-8-15)17-10-6-5-9-16(14)17/h2-10,14H,11-13H2,1H3. The van der Waals surface area contributed by atoms with Crippen LogP contribution in [0.1, 0.15) is 36.8 Å². The molecule has 1 unspecified atom stereocenters. The normalized spacial score (nSPS) is 18.6. The highest BCUT2D eigenvalue weighted by atomic mass is 16.2. The summed E-state index contributed by atoms with van der Waals surface area (Å²) in [6, 6.07) is 18.5. The second-order valence-electron chi connectivity index (χ2n) is 5.46. The monoisotopic (exact) mass is 265 g/mol. The maximum absolute atomic E-state index is 12.5. The lowest BCUT2D eigenvalue weighted by molar-refractivity contribution is -0.118. The van der Waals surface area contributed by atoms with Gasteiger partial charge in [0.2, 0.25) is 5.91 Å². The number of nitrogens with zero attached hydrogens (tertiary/aromatic N) is 1. The summed E-state index contributed by atoms with van der Waals surface area (Å²) >= 11 is 0. The molecule has 0 saturated carbocycles. The van der Waals surface area contributed by atoms with Gasteiger partial charge in [-0.05, 0) is 29.5 Å². The van der Waals surface area contributed by atoms with Gasteiger partial charge in [0.15, 0.2) is 0 Å². The number of carbonyl (C=O) groups is 1. The average molecular weight is 265 g/mol. The number of fused-ring (bicyclic) bond motifs is 1. The van der Waals surface area contributed by atoms with Crippen LogP contribution in [0.5, 0.6) is 0 Å². The Morgan fingerprint density at radius 3 is 2.55 bits per heavy atom. The number of para-hydroxylation sites is 1. The summed E-state index contributed by atoms with van der Waals surface area (Å²) < 4.78 is 0. The van der Waals surface area contributed by atoms with Crippen LogP contribution in [0.4, 0.5) is 5.69 Å². The molecule has 0 aromatic heterocycles. The second-order valence-corrected chi connectivity index (χ2v) is 5.46. The SMILES string of the molecule is CC1CCC(=O)N(Cc2ccccc2)c2ccccc21. The number of hydrogen-bond acceptors (Lipinski definition) is 1. The van der Waals surface area contributed by atoms with Crippen molar-refractivity contribution in [2.75, 3.05) is 4.90 Å². The fourth-order valence-corrected chi connectivity index (χ4v) is 2.85. The lowest BCUT2D eigenvalue weighted by Gasteiger charge is -2.23. The Morgan fingerprint density at radius 1 is 1.05 bits per heavy atom. The molecule has 2 aromatic carbocycles. The Kier molecular flexibility index (Phi) is 3.55. The van der Waals surface area contributed by atoms with Crippen LogP contribution in [-0.4, -0.2) is 5.91 Å². The minimum absolute atomic E-state index is 0.227. The van der Waals surface area contributed by atoms with Crippen LogP contribution in [0, 0.1) is 0 Å². The molecule has 0 N–H and O–H groups in total. The van der Waals surface area contributed by atoms with Gasteiger partial charge < -0.3 is 4.90 Å². The molecule has 1 aliphatic rings. The van der Waals surface area contributed by atoms with Crippen molar-refractivity contribution in [2.45, 2.75) is 32.2 Å². The third kappa shape index (κ3) is 2.46. The molecule has 1 heterocycles. The molecule has 0 saturated heterocycles. The number of hydrogen-bond donors (Lipinski definition) is 0. The van der Waals surface area contributed by atoms with Gasteiger partial charge >= 0.3 is 0 Å². The molecule has 3 rings (SSSR count). The minimum Gasteiger partial charge on any atom is -0.308 e. The Morgan fingerprint density at radius 2 is 1.75 bits per heavy atom. The number of rotatable bonds is 2. The molecule has 0 aliphatic carbocycles. The summed E-state index contributed by atoms with van der Waals surface area (Å²) in [7, 11) is 0. The fourth-order valence-electron chi connectivity index (χ4n) is 2.85. The van der Waals surface area contributed by atoms with E-state index in [1.807, 2.05) is 29.2 Å². The summed E-state index contributed by atoms with van der Waals surface area (Å²) in [4.78, 5) is 14.4. The number of carbonyl (C=O) groups excluding carboxylic acids is 1. The predicted molar refractivity (Wildman–Crippen MR) is 81.7 cm³/mol. The first-order valence-electron chi connectivity index (χ1n) is 7.19. The van der Waals surface area contributed by atoms with Gasteiger partial charge in [0.25, 0.3) is 0 Å². The quantitative estimate of drug-likeness (QED) is 0.800. The molecule has 0 bridgehead atoms. The van der Waals surface area contributed by atoms with Crippen molar-refractivity contribution in [2.24, 2.45) is 0 Å². The van der Waals surface area contributed by atoms with Crippen molar-refractivity contribution in [1.29, 1.82) is 0 Å². The first-order chi connectivity index (χ1) is 9.75. The van der Waals surface area contributed by atoms with Crippen LogP contribution < -0.4 is 4.90 Å². The lowest BCUT2D eigenvalue weighted by atomic mass is 9.96. The van der Waals surface area contributed by atoms with Crippen LogP contribution in [-0.2, 0) is 11.3 Å². The molecule has 2 aromatic rings. The predicted octanol–water partition coefficient (Wildman–Crippen LogP) is 4.12. The molecule has 0 radical (unpaired) electrons. The van der Waals surface area contributed by atoms with Gasteiger partial charge in [-0.15, -0.1) is 0 Å². The van der Waals surface area contributed by atoms with Gasteiger partial charge in [-0.25, -0.2) is 0 Å². The van der Waals surface area contributed by atoms with Crippen molar-refractivity contribution in [3.8, 4) is 0 Å². The zero-order valence-corrected chi connectivity index (χ0v) is 11.8. The molecule has 2 heteroatoms. The summed E-state index contributed by atoms with van der Waals surface area (Å²) in [6.45, 7) is 2.86. The summed E-state index contributed by atoms with van der Waals surface area (Å²) in [5, 5.41) is 0. The Labute approximate surface area is 120 Å². The van der Waals surface area contributed by atoms with Gasteiger partial charge in [-0.3, -0.25) is 4.79 Å². The van der Waals surface area contributed by atoms with Gasteiger partial charge in [0.05, 0.1) is 6.54 Å². The van der Waals surface area contributed by atoms with Crippen molar-refractivity contribution in [3.05, 3.63) is 65.7 Å². The second kappa shape index (κ2) is 5.49. The average Bonchev–Trinajstić information content (AvgIpc) is 2.61. The molecule has 0 fully saturated rings. The zero-order chi connectivity index (χ0) is 13.9. The van der Waals surface area contributed by atoms with Gasteiger partial charge in [0.1, 0.15) is 0 Å². The third-order valence-corrected chi connectivity index (χ3v) is 4.03. The van der Waals surface area contributed by atoms with E-state index in [4.69, 9.17) is 0 Å². The Bertz CT molecular complexity index is 606. The van der Waals surface area contributed by atoms with Gasteiger partial charge in [0, 0.05) is 12.1 Å². The third-order valence-electron chi connectivity index (χ3n) is 4.03. The first kappa shape index (κ1) is 12.9. The Balaban J connectivity index is 1.99. The van der Waals surface area contributed by atoms with Crippen molar-refractivity contribution in [3.63, 3.8) is 0 Å². The van der Waals surface area contributed by atoms with E-state index >= 15 is 0 Å². The van der Waals surface area contributed by atoms with E-state index in [2.05, 4.69) is 37.3 Å². The van der Waals surface area contributed by atoms with E-state index in [0.717, 1.165) is 12.1 Å². The van der Waals surface area contributed by atoms with Crippen molar-refractivity contribution >= 4 is 11.6 Å². The highest BCUT2D eigenvalue weighted by Crippen LogP contribution is 2.35. The highest BCUT2D eigenvalue weighted by Gasteiger charge is 2.25. The molecule has 20 heavy (non-hydrogen) atoms. The number of benzene rings is 2. The molecule has 1 aliphatic heterocycles. The van der Waals surface area contributed by atoms with E-state index in [1.165, 1.54) is 11.1 Å². The van der Waals surface area contributed by atoms with Crippen LogP contribution in [0.3, 0.4) is 0 Å². The molecule has 2 nitrogen and oxygen atoms in total. The van der Waals surface area contributed by atoms with E-state index in [9.17, 15) is 4.79 Å². The molecule has 1 atom stereocenters. The summed E-state index contributed by atoms with van der Waals surface area (Å²) in [5.41, 5.74) is 3.53. The van der Waals surface area contributed by atoms with E-state index < -0.39 is 0 Å². The Hall–Kier alpha value is -2.09. The van der Waals surface area contributed by atoms with Crippen LogP contribution in [0.25, 0.3) is 0 Å². The van der Waals surface area contributed by atoms with E-state index in [1.54, 1.807) is 0 Å². The van der Waals surface area contributed by atoms with Crippen molar-refractivity contribution in [1.82, 2.24) is 0 Å². The van der Waals surface area contributed by atoms with Crippen LogP contribution in [0.2, 0.25) is 0 Å². The first-order valence-corrected chi connectivity index (χ1v) is 7.19. The summed E-state index contributed by atoms with van der Waals surface area (Å²) in [6.07, 6.45) is 1.56. The highest BCUT2D eigenvalue weighted by molar-refractivity contribution is 5.95. The molecule has 0 spiro atoms. The van der Waals surface area contributed by atoms with E-state index in [0.29, 0.717) is 18.9 Å². The van der Waals surface area contributed by atoms with Crippen LogP contribution >= 0.6 is 0 Å². The van der Waals surface area contributed by atoms with Gasteiger partial charge in [-0.1, -0.05) is 55.5 Å². The summed E-state index contributed by atoms with van der Waals surface area (Å²) in [5.74, 6) is 0.668. The lowest BCUT2D eigenvalue weighted by Crippen LogP contribution is -2.29. The van der Waals surface area contributed by atoms with Crippen LogP contribution in [0.15, 0.2) is 54.6 Å². The van der Waals surface area contributed by atoms with Crippen molar-refractivity contribution < 1.29 is 4.79 Å². The van der Waals surface area contributed by atoms with E-state index in [-0.39, 0.29) is 5.91 Å².